The molecule has 8 heteroatoms. The van der Waals surface area contributed by atoms with E-state index in [1.165, 1.54) is 25.1 Å². The molecular weight excluding hydrogens is 294 g/mol. The molecular formula is C12H13ClF2N2O3. The highest BCUT2D eigenvalue weighted by Crippen LogP contribution is 2.22. The molecule has 20 heavy (non-hydrogen) atoms. The Bertz CT molecular complexity index is 511. The topological polar surface area (TPSA) is 63.5 Å². The van der Waals surface area contributed by atoms with Crippen LogP contribution in [0.2, 0.25) is 0 Å². The molecule has 1 aromatic carbocycles. The zero-order chi connectivity index (χ0) is 15.3. The molecule has 0 unspecified atom stereocenters. The van der Waals surface area contributed by atoms with E-state index in [4.69, 9.17) is 11.6 Å². The van der Waals surface area contributed by atoms with Gasteiger partial charge in [-0.15, -0.1) is 11.6 Å². The Balaban J connectivity index is 3.11. The number of nitro groups is 1. The number of halogens is 3. The first-order chi connectivity index (χ1) is 9.38. The normalized spacial score (nSPS) is 10.7. The van der Waals surface area contributed by atoms with Crippen LogP contribution in [0.3, 0.4) is 0 Å². The van der Waals surface area contributed by atoms with E-state index < -0.39 is 23.8 Å². The molecule has 1 rings (SSSR count). The highest BCUT2D eigenvalue weighted by atomic mass is 35.5. The minimum Gasteiger partial charge on any atom is -0.332 e. The van der Waals surface area contributed by atoms with Gasteiger partial charge in [0.2, 0.25) is 0 Å². The van der Waals surface area contributed by atoms with E-state index in [1.807, 2.05) is 0 Å². The van der Waals surface area contributed by atoms with Crippen molar-refractivity contribution in [1.29, 1.82) is 0 Å². The Morgan fingerprint density at radius 1 is 1.50 bits per heavy atom. The fraction of sp³-hybridized carbons (Fsp3) is 0.417. The number of alkyl halides is 3. The number of nitro benzene ring substituents is 1. The van der Waals surface area contributed by atoms with E-state index in [2.05, 4.69) is 0 Å². The first-order valence-electron chi connectivity index (χ1n) is 5.75. The maximum atomic E-state index is 12.4. The van der Waals surface area contributed by atoms with Gasteiger partial charge in [0.1, 0.15) is 0 Å². The number of nitrogens with zero attached hydrogens (tertiary/aromatic N) is 2. The number of benzene rings is 1. The van der Waals surface area contributed by atoms with Crippen LogP contribution in [0.15, 0.2) is 18.2 Å². The maximum Gasteiger partial charge on any atom is 0.273 e. The van der Waals surface area contributed by atoms with Gasteiger partial charge >= 0.3 is 0 Å². The molecule has 0 N–H and O–H groups in total. The lowest BCUT2D eigenvalue weighted by Gasteiger charge is -2.22. The minimum absolute atomic E-state index is 0.00638. The number of hydrogen-bond donors (Lipinski definition) is 0. The number of rotatable bonds is 6. The summed E-state index contributed by atoms with van der Waals surface area (Å²) in [6, 6.07) is 3.97. The molecule has 0 radical (unpaired) electrons. The zero-order valence-electron chi connectivity index (χ0n) is 10.7. The predicted octanol–water partition coefficient (Wildman–Crippen LogP) is 2.85. The monoisotopic (exact) mass is 306 g/mol. The second kappa shape index (κ2) is 7.14. The molecule has 1 amide bonds. The zero-order valence-corrected chi connectivity index (χ0v) is 11.4. The molecule has 0 bridgehead atoms. The summed E-state index contributed by atoms with van der Waals surface area (Å²) in [4.78, 5) is 23.3. The van der Waals surface area contributed by atoms with E-state index in [0.29, 0.717) is 0 Å². The summed E-state index contributed by atoms with van der Waals surface area (Å²) >= 11 is 5.49. The van der Waals surface area contributed by atoms with Crippen molar-refractivity contribution in [3.05, 3.63) is 39.4 Å². The molecule has 0 aliphatic rings. The van der Waals surface area contributed by atoms with E-state index in [9.17, 15) is 23.7 Å². The van der Waals surface area contributed by atoms with Crippen molar-refractivity contribution in [2.75, 3.05) is 19.0 Å². The highest BCUT2D eigenvalue weighted by molar-refractivity contribution is 6.18. The van der Waals surface area contributed by atoms with Crippen LogP contribution in [0.4, 0.5) is 14.5 Å². The average molecular weight is 307 g/mol. The third kappa shape index (κ3) is 3.86. The molecule has 0 saturated carbocycles. The predicted molar refractivity (Wildman–Crippen MR) is 70.5 cm³/mol. The molecule has 0 spiro atoms. The van der Waals surface area contributed by atoms with Gasteiger partial charge in [-0.2, -0.15) is 0 Å². The lowest BCUT2D eigenvalue weighted by atomic mass is 10.1. The van der Waals surface area contributed by atoms with Gasteiger partial charge in [0.15, 0.2) is 0 Å². The molecule has 0 heterocycles. The van der Waals surface area contributed by atoms with E-state index in [1.54, 1.807) is 0 Å². The van der Waals surface area contributed by atoms with E-state index >= 15 is 0 Å². The summed E-state index contributed by atoms with van der Waals surface area (Å²) in [5.74, 6) is -0.681. The van der Waals surface area contributed by atoms with E-state index in [-0.39, 0.29) is 29.2 Å². The van der Waals surface area contributed by atoms with Crippen molar-refractivity contribution in [2.24, 2.45) is 0 Å². The Morgan fingerprint density at radius 2 is 2.15 bits per heavy atom. The lowest BCUT2D eigenvalue weighted by molar-refractivity contribution is -0.385. The number of hydrogen-bond acceptors (Lipinski definition) is 3. The molecule has 0 aliphatic heterocycles. The van der Waals surface area contributed by atoms with Crippen LogP contribution >= 0.6 is 11.6 Å². The van der Waals surface area contributed by atoms with Crippen molar-refractivity contribution in [2.45, 2.75) is 13.3 Å². The van der Waals surface area contributed by atoms with Crippen LogP contribution in [-0.2, 0) is 0 Å². The smallest absolute Gasteiger partial charge is 0.273 e. The standard InChI is InChI=1S/C12H13ClF2N2O3/c1-8-9(3-2-4-10(8)17(19)20)12(18)16(6-5-13)7-11(14)15/h2-4,11H,5-7H2,1H3. The summed E-state index contributed by atoms with van der Waals surface area (Å²) in [5.41, 5.74) is -0.0416. The van der Waals surface area contributed by atoms with Crippen LogP contribution in [0.1, 0.15) is 15.9 Å². The molecule has 0 atom stereocenters. The van der Waals surface area contributed by atoms with Crippen molar-refractivity contribution < 1.29 is 18.5 Å². The quantitative estimate of drug-likeness (QED) is 0.461. The van der Waals surface area contributed by atoms with Crippen LogP contribution in [0, 0.1) is 17.0 Å². The molecule has 0 aliphatic carbocycles. The second-order valence-electron chi connectivity index (χ2n) is 4.04. The maximum absolute atomic E-state index is 12.4. The number of carbonyl (C=O) groups is 1. The molecule has 0 fully saturated rings. The van der Waals surface area contributed by atoms with Crippen LogP contribution < -0.4 is 0 Å². The van der Waals surface area contributed by atoms with Crippen molar-refractivity contribution >= 4 is 23.2 Å². The van der Waals surface area contributed by atoms with Crippen molar-refractivity contribution in [3.63, 3.8) is 0 Å². The number of amides is 1. The van der Waals surface area contributed by atoms with E-state index in [0.717, 1.165) is 4.90 Å². The first-order valence-corrected chi connectivity index (χ1v) is 6.29. The summed E-state index contributed by atoms with van der Waals surface area (Å²) in [6.07, 6.45) is -2.69. The molecule has 0 aromatic heterocycles. The number of carbonyl (C=O) groups excluding carboxylic acids is 1. The van der Waals surface area contributed by atoms with Gasteiger partial charge in [-0.1, -0.05) is 6.07 Å². The average Bonchev–Trinajstić information content (AvgIpc) is 2.37. The van der Waals surface area contributed by atoms with Crippen LogP contribution in [-0.4, -0.2) is 41.1 Å². The van der Waals surface area contributed by atoms with Crippen LogP contribution in [0.5, 0.6) is 0 Å². The van der Waals surface area contributed by atoms with Gasteiger partial charge in [0.25, 0.3) is 18.0 Å². The Morgan fingerprint density at radius 3 is 2.65 bits per heavy atom. The molecule has 5 nitrogen and oxygen atoms in total. The summed E-state index contributed by atoms with van der Waals surface area (Å²) in [5, 5.41) is 10.8. The Hall–Kier alpha value is -1.76. The SMILES string of the molecule is Cc1c(C(=O)N(CCCl)CC(F)F)cccc1[N+](=O)[O-]. The van der Waals surface area contributed by atoms with Gasteiger partial charge in [-0.05, 0) is 13.0 Å². The molecule has 110 valence electrons. The lowest BCUT2D eigenvalue weighted by Crippen LogP contribution is -2.37. The fourth-order valence-electron chi connectivity index (χ4n) is 1.77. The third-order valence-corrected chi connectivity index (χ3v) is 2.90. The fourth-order valence-corrected chi connectivity index (χ4v) is 1.97. The second-order valence-corrected chi connectivity index (χ2v) is 4.42. The van der Waals surface area contributed by atoms with Crippen LogP contribution in [0.25, 0.3) is 0 Å². The largest absolute Gasteiger partial charge is 0.332 e. The van der Waals surface area contributed by atoms with Gasteiger partial charge in [-0.3, -0.25) is 14.9 Å². The van der Waals surface area contributed by atoms with Gasteiger partial charge in [-0.25, -0.2) is 8.78 Å². The van der Waals surface area contributed by atoms with Gasteiger partial charge in [0.05, 0.1) is 11.5 Å². The van der Waals surface area contributed by atoms with Crippen molar-refractivity contribution in [3.8, 4) is 0 Å². The summed E-state index contributed by atoms with van der Waals surface area (Å²) in [6.45, 7) is 0.604. The molecule has 0 saturated heterocycles. The third-order valence-electron chi connectivity index (χ3n) is 2.73. The minimum atomic E-state index is -2.69. The Labute approximate surface area is 119 Å². The first kappa shape index (κ1) is 16.3. The van der Waals surface area contributed by atoms with Crippen molar-refractivity contribution in [1.82, 2.24) is 4.90 Å². The summed E-state index contributed by atoms with van der Waals surface area (Å²) < 4.78 is 24.9. The van der Waals surface area contributed by atoms with Gasteiger partial charge in [0, 0.05) is 29.6 Å². The Kier molecular flexibility index (Phi) is 5.82. The summed E-state index contributed by atoms with van der Waals surface area (Å²) in [7, 11) is 0. The highest BCUT2D eigenvalue weighted by Gasteiger charge is 2.24. The molecule has 1 aromatic rings. The van der Waals surface area contributed by atoms with Gasteiger partial charge < -0.3 is 4.90 Å².